The van der Waals surface area contributed by atoms with Gasteiger partial charge in [-0.2, -0.15) is 0 Å². The summed E-state index contributed by atoms with van der Waals surface area (Å²) in [5.74, 6) is 6.58. The minimum atomic E-state index is -1.70. The Morgan fingerprint density at radius 2 is 2.06 bits per heavy atom. The Morgan fingerprint density at radius 3 is 2.73 bits per heavy atom. The van der Waals surface area contributed by atoms with Crippen molar-refractivity contribution in [2.45, 2.75) is 32.1 Å². The molecule has 3 aromatic rings. The molecular weight excluding hydrogens is 420 g/mol. The van der Waals surface area contributed by atoms with E-state index in [0.29, 0.717) is 17.1 Å². The number of fused-ring (bicyclic) bond motifs is 1. The van der Waals surface area contributed by atoms with Crippen molar-refractivity contribution in [1.82, 2.24) is 14.3 Å². The van der Waals surface area contributed by atoms with Crippen molar-refractivity contribution < 1.29 is 19.4 Å². The number of pyridine rings is 1. The number of carbonyl (C=O) groups is 1. The highest BCUT2D eigenvalue weighted by molar-refractivity contribution is 5.91. The van der Waals surface area contributed by atoms with Gasteiger partial charge in [-0.3, -0.25) is 4.79 Å². The van der Waals surface area contributed by atoms with Crippen LogP contribution in [0.1, 0.15) is 25.2 Å². The van der Waals surface area contributed by atoms with Crippen LogP contribution in [0.2, 0.25) is 0 Å². The van der Waals surface area contributed by atoms with Crippen molar-refractivity contribution in [2.75, 3.05) is 20.9 Å². The predicted molar refractivity (Wildman–Crippen MR) is 124 cm³/mol. The van der Waals surface area contributed by atoms with Gasteiger partial charge >= 0.3 is 0 Å². The lowest BCUT2D eigenvalue weighted by Crippen LogP contribution is -2.40. The van der Waals surface area contributed by atoms with E-state index in [0.717, 1.165) is 16.8 Å². The van der Waals surface area contributed by atoms with Crippen LogP contribution < -0.4 is 10.5 Å². The minimum absolute atomic E-state index is 0.0933. The average Bonchev–Trinajstić information content (AvgIpc) is 3.27. The molecule has 0 spiro atoms. The predicted octanol–water partition coefficient (Wildman–Crippen LogP) is 2.02. The van der Waals surface area contributed by atoms with Crippen LogP contribution in [0.15, 0.2) is 42.6 Å². The van der Waals surface area contributed by atoms with Gasteiger partial charge in [-0.25, -0.2) is 4.98 Å². The molecule has 2 aromatic heterocycles. The number of benzene rings is 1. The van der Waals surface area contributed by atoms with Crippen molar-refractivity contribution in [3.05, 3.63) is 54.0 Å². The van der Waals surface area contributed by atoms with Crippen LogP contribution in [0, 0.1) is 17.8 Å². The van der Waals surface area contributed by atoms with Crippen LogP contribution >= 0.6 is 0 Å². The number of amides is 1. The van der Waals surface area contributed by atoms with E-state index in [1.54, 1.807) is 19.1 Å². The zero-order chi connectivity index (χ0) is 23.8. The highest BCUT2D eigenvalue weighted by Crippen LogP contribution is 2.33. The maximum Gasteiger partial charge on any atom is 0.267 e. The molecule has 4 rings (SSSR count). The molecule has 0 radical (unpaired) electrons. The summed E-state index contributed by atoms with van der Waals surface area (Å²) in [4.78, 5) is 18.9. The van der Waals surface area contributed by atoms with Gasteiger partial charge in [0.15, 0.2) is 0 Å². The molecular formula is C25H28N4O4. The molecule has 1 aromatic carbocycles. The van der Waals surface area contributed by atoms with E-state index in [2.05, 4.69) is 11.8 Å². The zero-order valence-electron chi connectivity index (χ0n) is 19.2. The molecule has 1 aliphatic rings. The number of rotatable bonds is 5. The third-order valence-corrected chi connectivity index (χ3v) is 6.45. The first-order chi connectivity index (χ1) is 15.8. The maximum atomic E-state index is 12.6. The lowest BCUT2D eigenvalue weighted by Gasteiger charge is -2.19. The van der Waals surface area contributed by atoms with Crippen molar-refractivity contribution in [1.29, 1.82) is 0 Å². The quantitative estimate of drug-likeness (QED) is 0.457. The van der Waals surface area contributed by atoms with Gasteiger partial charge in [0.2, 0.25) is 5.60 Å². The van der Waals surface area contributed by atoms with Crippen molar-refractivity contribution in [2.24, 2.45) is 11.7 Å². The van der Waals surface area contributed by atoms with E-state index in [9.17, 15) is 9.90 Å². The van der Waals surface area contributed by atoms with Gasteiger partial charge < -0.3 is 29.6 Å². The average molecular weight is 449 g/mol. The lowest BCUT2D eigenvalue weighted by atomic mass is 9.88. The monoisotopic (exact) mass is 448 g/mol. The van der Waals surface area contributed by atoms with E-state index < -0.39 is 5.60 Å². The van der Waals surface area contributed by atoms with E-state index in [-0.39, 0.29) is 31.2 Å². The number of aliphatic hydroxyl groups is 1. The minimum Gasteiger partial charge on any atom is -0.497 e. The molecule has 1 fully saturated rings. The van der Waals surface area contributed by atoms with E-state index >= 15 is 0 Å². The van der Waals surface area contributed by atoms with Gasteiger partial charge in [-0.05, 0) is 25.1 Å². The number of aromatic nitrogens is 2. The summed E-state index contributed by atoms with van der Waals surface area (Å²) in [7, 11) is 3.30. The van der Waals surface area contributed by atoms with E-state index in [1.807, 2.05) is 60.8 Å². The number of likely N-dealkylation sites (tertiary alicyclic amines) is 1. The molecule has 172 valence electrons. The van der Waals surface area contributed by atoms with Gasteiger partial charge in [0.25, 0.3) is 5.91 Å². The molecule has 0 aliphatic carbocycles. The molecule has 3 N–H and O–H groups in total. The SMILES string of the molecule is COc1ccn2c(COCN)nc(-c3cccc(C#C[C@@]4(O)C(=O)N(C)[C@@H](C)[C@H]4C)c3)c2c1. The fraction of sp³-hybridized carbons (Fsp3) is 0.360. The van der Waals surface area contributed by atoms with Gasteiger partial charge in [0.1, 0.15) is 18.2 Å². The van der Waals surface area contributed by atoms with E-state index in [1.165, 1.54) is 0 Å². The molecule has 1 saturated heterocycles. The number of methoxy groups -OCH3 is 1. The van der Waals surface area contributed by atoms with Gasteiger partial charge in [0, 0.05) is 42.4 Å². The molecule has 3 heterocycles. The molecule has 0 saturated carbocycles. The highest BCUT2D eigenvalue weighted by atomic mass is 16.5. The molecule has 8 nitrogen and oxygen atoms in total. The summed E-state index contributed by atoms with van der Waals surface area (Å²) < 4.78 is 12.7. The number of likely N-dealkylation sites (N-methyl/N-ethyl adjacent to an activating group) is 1. The summed E-state index contributed by atoms with van der Waals surface area (Å²) in [6, 6.07) is 11.2. The maximum absolute atomic E-state index is 12.6. The number of nitrogens with two attached hydrogens (primary N) is 1. The first-order valence-electron chi connectivity index (χ1n) is 10.8. The number of hydrogen-bond acceptors (Lipinski definition) is 6. The Balaban J connectivity index is 1.75. The second-order valence-corrected chi connectivity index (χ2v) is 8.26. The first-order valence-corrected chi connectivity index (χ1v) is 10.8. The van der Waals surface area contributed by atoms with Crippen LogP contribution in [0.25, 0.3) is 16.8 Å². The second-order valence-electron chi connectivity index (χ2n) is 8.26. The fourth-order valence-electron chi connectivity index (χ4n) is 4.13. The fourth-order valence-corrected chi connectivity index (χ4v) is 4.13. The van der Waals surface area contributed by atoms with Gasteiger partial charge in [-0.15, -0.1) is 0 Å². The van der Waals surface area contributed by atoms with Crippen LogP contribution in [0.3, 0.4) is 0 Å². The number of imidazole rings is 1. The topological polar surface area (TPSA) is 102 Å². The largest absolute Gasteiger partial charge is 0.497 e. The van der Waals surface area contributed by atoms with Crippen LogP contribution in [-0.4, -0.2) is 57.8 Å². The summed E-state index contributed by atoms with van der Waals surface area (Å²) in [5, 5.41) is 11.0. The lowest BCUT2D eigenvalue weighted by molar-refractivity contribution is -0.139. The summed E-state index contributed by atoms with van der Waals surface area (Å²) in [6.07, 6.45) is 1.88. The molecule has 0 bridgehead atoms. The zero-order valence-corrected chi connectivity index (χ0v) is 19.2. The summed E-state index contributed by atoms with van der Waals surface area (Å²) in [5.41, 5.74) is 6.90. The van der Waals surface area contributed by atoms with Crippen molar-refractivity contribution in [3.63, 3.8) is 0 Å². The Bertz CT molecular complexity index is 1260. The van der Waals surface area contributed by atoms with Crippen LogP contribution in [0.5, 0.6) is 5.75 Å². The molecule has 8 heteroatoms. The first kappa shape index (κ1) is 22.8. The molecule has 33 heavy (non-hydrogen) atoms. The number of ether oxygens (including phenoxy) is 2. The molecule has 1 amide bonds. The molecule has 0 unspecified atom stereocenters. The molecule has 1 aliphatic heterocycles. The van der Waals surface area contributed by atoms with Crippen LogP contribution in [-0.2, 0) is 16.1 Å². The Morgan fingerprint density at radius 1 is 1.27 bits per heavy atom. The van der Waals surface area contributed by atoms with Gasteiger partial charge in [-0.1, -0.05) is 30.9 Å². The van der Waals surface area contributed by atoms with E-state index in [4.69, 9.17) is 20.2 Å². The Kier molecular flexibility index (Phi) is 6.13. The summed E-state index contributed by atoms with van der Waals surface area (Å²) >= 11 is 0. The Labute approximate surface area is 192 Å². The smallest absolute Gasteiger partial charge is 0.267 e. The third-order valence-electron chi connectivity index (χ3n) is 6.45. The van der Waals surface area contributed by atoms with Gasteiger partial charge in [0.05, 0.1) is 25.1 Å². The Hall–Kier alpha value is -3.38. The van der Waals surface area contributed by atoms with Crippen LogP contribution in [0.4, 0.5) is 0 Å². The highest BCUT2D eigenvalue weighted by Gasteiger charge is 2.52. The van der Waals surface area contributed by atoms with Crippen molar-refractivity contribution >= 4 is 11.4 Å². The second kappa shape index (κ2) is 8.87. The third kappa shape index (κ3) is 3.95. The number of nitrogens with zero attached hydrogens (tertiary/aromatic N) is 3. The summed E-state index contributed by atoms with van der Waals surface area (Å²) in [6.45, 7) is 4.11. The normalized spacial score (nSPS) is 22.5. The standard InChI is InChI=1S/C25H28N4O4/c1-16-17(2)28(3)24(30)25(16,31)10-8-18-6-5-7-19(12-18)23-21-13-20(32-4)9-11-29(21)22(27-23)14-33-15-26/h5-7,9,11-13,16-17,31H,14-15,26H2,1-4H3/t16-,17+,25+/m1/s1. The van der Waals surface area contributed by atoms with Crippen molar-refractivity contribution in [3.8, 4) is 28.8 Å². The number of hydrogen-bond donors (Lipinski definition) is 2. The molecule has 3 atom stereocenters. The number of carbonyl (C=O) groups excluding carboxylic acids is 1.